The van der Waals surface area contributed by atoms with Gasteiger partial charge in [-0.15, -0.1) is 0 Å². The lowest BCUT2D eigenvalue weighted by Crippen LogP contribution is -2.56. The van der Waals surface area contributed by atoms with Gasteiger partial charge in [-0.2, -0.15) is 11.8 Å². The Bertz CT molecular complexity index is 271. The number of hydrogen-bond acceptors (Lipinski definition) is 4. The molecular formula is C11H20N2O2S. The second kappa shape index (κ2) is 4.55. The molecule has 4 nitrogen and oxygen atoms in total. The van der Waals surface area contributed by atoms with Crippen LogP contribution in [0, 0.1) is 0 Å². The van der Waals surface area contributed by atoms with Crippen molar-refractivity contribution in [2.45, 2.75) is 36.5 Å². The summed E-state index contributed by atoms with van der Waals surface area (Å²) in [5.74, 6) is 1.14. The molecule has 16 heavy (non-hydrogen) atoms. The van der Waals surface area contributed by atoms with Crippen LogP contribution in [0.15, 0.2) is 0 Å². The van der Waals surface area contributed by atoms with Crippen LogP contribution in [0.1, 0.15) is 26.2 Å². The number of carbonyl (C=O) groups excluding carboxylic acids is 1. The van der Waals surface area contributed by atoms with Crippen LogP contribution >= 0.6 is 11.8 Å². The largest absolute Gasteiger partial charge is 0.379 e. The molecule has 0 radical (unpaired) electrons. The fraction of sp³-hybridized carbons (Fsp3) is 0.909. The lowest BCUT2D eigenvalue weighted by molar-refractivity contribution is -0.126. The van der Waals surface area contributed by atoms with Gasteiger partial charge in [-0.05, 0) is 31.9 Å². The lowest BCUT2D eigenvalue weighted by atomic mass is 9.98. The van der Waals surface area contributed by atoms with Crippen molar-refractivity contribution in [3.05, 3.63) is 0 Å². The number of hydrogen-bond donors (Lipinski definition) is 2. The lowest BCUT2D eigenvalue weighted by Gasteiger charge is -2.26. The number of ether oxygens (including phenoxy) is 1. The third kappa shape index (κ3) is 2.52. The minimum atomic E-state index is -0.792. The first kappa shape index (κ1) is 12.2. The number of nitrogens with two attached hydrogens (primary N) is 1. The molecule has 0 aromatic rings. The van der Waals surface area contributed by atoms with Gasteiger partial charge in [0.25, 0.3) is 0 Å². The predicted octanol–water partition coefficient (Wildman–Crippen LogP) is 0.506. The van der Waals surface area contributed by atoms with E-state index in [0.29, 0.717) is 19.6 Å². The monoisotopic (exact) mass is 244 g/mol. The fourth-order valence-corrected chi connectivity index (χ4v) is 3.42. The summed E-state index contributed by atoms with van der Waals surface area (Å²) in [7, 11) is 0. The molecule has 0 spiro atoms. The van der Waals surface area contributed by atoms with E-state index in [4.69, 9.17) is 10.5 Å². The molecule has 2 unspecified atom stereocenters. The normalized spacial score (nSPS) is 38.9. The summed E-state index contributed by atoms with van der Waals surface area (Å²) in [6, 6.07) is 0. The van der Waals surface area contributed by atoms with Crippen molar-refractivity contribution >= 4 is 17.7 Å². The zero-order valence-corrected chi connectivity index (χ0v) is 10.6. The Morgan fingerprint density at radius 1 is 1.56 bits per heavy atom. The highest BCUT2D eigenvalue weighted by atomic mass is 32.2. The first-order chi connectivity index (χ1) is 7.54. The number of carbonyl (C=O) groups is 1. The quantitative estimate of drug-likeness (QED) is 0.759. The summed E-state index contributed by atoms with van der Waals surface area (Å²) >= 11 is 1.94. The Kier molecular flexibility index (Phi) is 3.47. The molecule has 2 atom stereocenters. The third-order valence-electron chi connectivity index (χ3n) is 3.43. The second-order valence-corrected chi connectivity index (χ2v) is 6.73. The third-order valence-corrected chi connectivity index (χ3v) is 4.97. The van der Waals surface area contributed by atoms with Gasteiger partial charge in [-0.3, -0.25) is 4.79 Å². The van der Waals surface area contributed by atoms with Crippen LogP contribution in [0.25, 0.3) is 0 Å². The van der Waals surface area contributed by atoms with Gasteiger partial charge in [0.05, 0.1) is 6.61 Å². The van der Waals surface area contributed by atoms with Gasteiger partial charge in [-0.1, -0.05) is 0 Å². The summed E-state index contributed by atoms with van der Waals surface area (Å²) in [5, 5.41) is 2.98. The molecule has 2 heterocycles. The maximum Gasteiger partial charge on any atom is 0.242 e. The highest BCUT2D eigenvalue weighted by molar-refractivity contribution is 8.00. The van der Waals surface area contributed by atoms with Crippen molar-refractivity contribution in [2.24, 2.45) is 5.73 Å². The van der Waals surface area contributed by atoms with Gasteiger partial charge < -0.3 is 15.8 Å². The minimum Gasteiger partial charge on any atom is -0.379 e. The van der Waals surface area contributed by atoms with Crippen LogP contribution in [0.5, 0.6) is 0 Å². The van der Waals surface area contributed by atoms with E-state index >= 15 is 0 Å². The van der Waals surface area contributed by atoms with Crippen molar-refractivity contribution in [1.82, 2.24) is 5.32 Å². The van der Waals surface area contributed by atoms with Gasteiger partial charge >= 0.3 is 0 Å². The van der Waals surface area contributed by atoms with Gasteiger partial charge in [-0.25, -0.2) is 0 Å². The average molecular weight is 244 g/mol. The molecule has 92 valence electrons. The average Bonchev–Trinajstić information content (AvgIpc) is 2.86. The van der Waals surface area contributed by atoms with E-state index in [0.717, 1.165) is 6.54 Å². The molecule has 2 aliphatic heterocycles. The predicted molar refractivity (Wildman–Crippen MR) is 65.5 cm³/mol. The molecule has 3 N–H and O–H groups in total. The summed E-state index contributed by atoms with van der Waals surface area (Å²) in [4.78, 5) is 11.9. The van der Waals surface area contributed by atoms with Crippen LogP contribution < -0.4 is 11.1 Å². The van der Waals surface area contributed by atoms with E-state index in [2.05, 4.69) is 12.2 Å². The van der Waals surface area contributed by atoms with Gasteiger partial charge in [0.2, 0.25) is 5.91 Å². The highest BCUT2D eigenvalue weighted by Gasteiger charge is 2.39. The van der Waals surface area contributed by atoms with E-state index in [-0.39, 0.29) is 10.7 Å². The van der Waals surface area contributed by atoms with E-state index in [1.54, 1.807) is 0 Å². The highest BCUT2D eigenvalue weighted by Crippen LogP contribution is 2.37. The summed E-state index contributed by atoms with van der Waals surface area (Å²) in [6.07, 6.45) is 3.04. The molecule has 5 heteroatoms. The van der Waals surface area contributed by atoms with Crippen LogP contribution in [0.4, 0.5) is 0 Å². The molecular weight excluding hydrogens is 224 g/mol. The second-order valence-electron chi connectivity index (χ2n) is 5.04. The van der Waals surface area contributed by atoms with Gasteiger partial charge in [0.15, 0.2) is 0 Å². The Labute approximate surface area is 101 Å². The first-order valence-corrected chi connectivity index (χ1v) is 6.82. The molecule has 0 saturated carbocycles. The van der Waals surface area contributed by atoms with Crippen molar-refractivity contribution in [3.8, 4) is 0 Å². The van der Waals surface area contributed by atoms with Crippen molar-refractivity contribution in [3.63, 3.8) is 0 Å². The van der Waals surface area contributed by atoms with E-state index in [1.807, 2.05) is 11.8 Å². The van der Waals surface area contributed by atoms with Crippen molar-refractivity contribution in [2.75, 3.05) is 25.5 Å². The maximum absolute atomic E-state index is 11.9. The van der Waals surface area contributed by atoms with Crippen molar-refractivity contribution in [1.29, 1.82) is 0 Å². The summed E-state index contributed by atoms with van der Waals surface area (Å²) < 4.78 is 5.39. The molecule has 2 fully saturated rings. The molecule has 0 aliphatic carbocycles. The minimum absolute atomic E-state index is 0.0567. The zero-order valence-electron chi connectivity index (χ0n) is 9.75. The zero-order chi connectivity index (χ0) is 11.6. The Hall–Kier alpha value is -0.260. The van der Waals surface area contributed by atoms with E-state index in [1.165, 1.54) is 18.6 Å². The molecule has 1 amide bonds. The van der Waals surface area contributed by atoms with Crippen LogP contribution in [0.3, 0.4) is 0 Å². The smallest absolute Gasteiger partial charge is 0.242 e. The molecule has 2 saturated heterocycles. The standard InChI is InChI=1S/C11H20N2O2S/c1-10(3-2-6-16-10)7-13-9(14)11(12)4-5-15-8-11/h2-8,12H2,1H3,(H,13,14). The van der Waals surface area contributed by atoms with Gasteiger partial charge in [0.1, 0.15) is 5.54 Å². The van der Waals surface area contributed by atoms with Crippen molar-refractivity contribution < 1.29 is 9.53 Å². The van der Waals surface area contributed by atoms with Crippen LogP contribution in [-0.2, 0) is 9.53 Å². The molecule has 0 aromatic heterocycles. The first-order valence-electron chi connectivity index (χ1n) is 5.83. The summed E-state index contributed by atoms with van der Waals surface area (Å²) in [5.41, 5.74) is 5.19. The summed E-state index contributed by atoms with van der Waals surface area (Å²) in [6.45, 7) is 3.87. The molecule has 0 aromatic carbocycles. The maximum atomic E-state index is 11.9. The van der Waals surface area contributed by atoms with E-state index in [9.17, 15) is 4.79 Å². The Balaban J connectivity index is 1.83. The SMILES string of the molecule is CC1(CNC(=O)C2(N)CCOC2)CCCS1. The topological polar surface area (TPSA) is 64.4 Å². The number of thioether (sulfide) groups is 1. The van der Waals surface area contributed by atoms with Crippen LogP contribution in [-0.4, -0.2) is 41.7 Å². The molecule has 0 bridgehead atoms. The molecule has 2 rings (SSSR count). The Morgan fingerprint density at radius 3 is 2.94 bits per heavy atom. The number of nitrogens with one attached hydrogen (secondary N) is 1. The van der Waals surface area contributed by atoms with Crippen LogP contribution in [0.2, 0.25) is 0 Å². The van der Waals surface area contributed by atoms with E-state index < -0.39 is 5.54 Å². The number of rotatable bonds is 3. The Morgan fingerprint density at radius 2 is 2.38 bits per heavy atom. The molecule has 2 aliphatic rings. The number of amides is 1. The fourth-order valence-electron chi connectivity index (χ4n) is 2.18. The van der Waals surface area contributed by atoms with Gasteiger partial charge in [0, 0.05) is 17.9 Å².